The van der Waals surface area contributed by atoms with E-state index in [-0.39, 0.29) is 10.8 Å². The van der Waals surface area contributed by atoms with Gasteiger partial charge in [0.05, 0.1) is 0 Å². The first-order chi connectivity index (χ1) is 28.7. The van der Waals surface area contributed by atoms with Crippen LogP contribution in [0.1, 0.15) is 143 Å². The van der Waals surface area contributed by atoms with Gasteiger partial charge < -0.3 is 4.42 Å². The average Bonchev–Trinajstić information content (AvgIpc) is 3.79. The number of furan rings is 1. The molecule has 9 rings (SSSR count). The van der Waals surface area contributed by atoms with Gasteiger partial charge in [0.2, 0.25) is 0 Å². The van der Waals surface area contributed by atoms with Crippen molar-refractivity contribution in [2.24, 2.45) is 5.92 Å². The molecule has 2 atom stereocenters. The molecule has 3 aliphatic carbocycles. The standard InChI is InChI=1S/C31H27B.C22H26O.C4H10/c1-20(32-4)21-13-11-19-28-29(21)22-12-5-6-14-23(22)31(28)26-17-9-7-15-24(26)30(2,3)25-16-8-10-18-27(25)31;1-4-10-19-20-14-13-17(15-22(20)23-21(19)6-3)18(5-2)16-11-8-7-9-12-16;1-3-4-2/h5-19H,1-4H3;4,7-11,13-16,18H,5-6,12H2,1-3H3;3-4H2,1-2H3/b;10-4-;. The first-order valence-corrected chi connectivity index (χ1v) is 22.3. The largest absolute Gasteiger partial charge is 0.0654 e. The van der Waals surface area contributed by atoms with Crippen molar-refractivity contribution in [1.82, 2.24) is 0 Å². The molecule has 300 valence electrons. The smallest absolute Gasteiger partial charge is 0.0564 e. The molecule has 0 aliphatic heterocycles. The maximum absolute atomic E-state index is 6.14. The van der Waals surface area contributed by atoms with Gasteiger partial charge in [0.1, 0.15) is 11.3 Å². The summed E-state index contributed by atoms with van der Waals surface area (Å²) in [6, 6.07) is 41.0. The molecule has 0 saturated heterocycles. The average molecular weight is 775 g/mol. The summed E-state index contributed by atoms with van der Waals surface area (Å²) in [5.74, 6) is 2.24. The van der Waals surface area contributed by atoms with E-state index in [0.717, 1.165) is 30.6 Å². The van der Waals surface area contributed by atoms with Crippen molar-refractivity contribution in [2.45, 2.75) is 111 Å². The van der Waals surface area contributed by atoms with E-state index in [1.807, 2.05) is 0 Å². The molecule has 1 heterocycles. The molecular formula is C57H63BO. The number of unbranched alkanes of at least 4 members (excludes halogenated alkanes) is 1. The van der Waals surface area contributed by atoms with E-state index in [4.69, 9.17) is 4.42 Å². The first-order valence-electron chi connectivity index (χ1n) is 22.3. The summed E-state index contributed by atoms with van der Waals surface area (Å²) in [5.41, 5.74) is 17.3. The fourth-order valence-corrected chi connectivity index (χ4v) is 10.1. The number of benzene rings is 5. The summed E-state index contributed by atoms with van der Waals surface area (Å²) >= 11 is 0. The van der Waals surface area contributed by atoms with E-state index in [0.29, 0.717) is 11.8 Å². The van der Waals surface area contributed by atoms with E-state index in [9.17, 15) is 0 Å². The third-order valence-electron chi connectivity index (χ3n) is 13.3. The molecule has 59 heavy (non-hydrogen) atoms. The minimum Gasteiger partial charge on any atom is -0.0654 e. The topological polar surface area (TPSA) is 13.1 Å². The maximum Gasteiger partial charge on any atom is -0.0564 e. The van der Waals surface area contributed by atoms with E-state index >= 15 is 0 Å². The molecule has 2 heteroatoms. The zero-order valence-electron chi connectivity index (χ0n) is 37.0. The van der Waals surface area contributed by atoms with Crippen LogP contribution in [0, 0.1) is 5.92 Å². The van der Waals surface area contributed by atoms with Gasteiger partial charge in [0.15, 0.2) is 0 Å². The van der Waals surface area contributed by atoms with E-state index in [1.165, 1.54) is 84.9 Å². The predicted molar refractivity (Wildman–Crippen MR) is 258 cm³/mol. The van der Waals surface area contributed by atoms with Gasteiger partial charge in [0.25, 0.3) is 0 Å². The number of hydrogen-bond donors (Lipinski definition) is 0. The SMILES string of the molecule is C/C=C\c1c(CC)oc2cc(C(CC)C3C=CC=CC3)ccc12.CB=C(C)c1cccc2c1-c1ccccc1C21c2ccccc2C(C)(C)c2ccccc21.CCCC. The number of fused-ring (bicyclic) bond motifs is 10. The number of allylic oxidation sites excluding steroid dienone is 5. The van der Waals surface area contributed by atoms with Crippen LogP contribution in [0.15, 0.2) is 144 Å². The normalized spacial score (nSPS) is 16.9. The molecule has 1 spiro atoms. The van der Waals surface area contributed by atoms with Crippen molar-refractivity contribution in [1.29, 1.82) is 0 Å². The number of rotatable bonds is 7. The molecule has 0 N–H and O–H groups in total. The van der Waals surface area contributed by atoms with Crippen molar-refractivity contribution in [2.75, 3.05) is 0 Å². The first kappa shape index (κ1) is 41.9. The summed E-state index contributed by atoms with van der Waals surface area (Å²) in [7, 11) is 0. The Kier molecular flexibility index (Phi) is 12.8. The van der Waals surface area contributed by atoms with Crippen molar-refractivity contribution < 1.29 is 4.42 Å². The van der Waals surface area contributed by atoms with Gasteiger partial charge in [-0.1, -0.05) is 89.1 Å². The molecule has 0 bridgehead atoms. The Labute approximate surface area is 355 Å². The third-order valence-corrected chi connectivity index (χ3v) is 13.3. The van der Waals surface area contributed by atoms with Crippen LogP contribution in [-0.2, 0) is 17.3 Å². The van der Waals surface area contributed by atoms with Crippen LogP contribution in [-0.4, -0.2) is 12.4 Å². The van der Waals surface area contributed by atoms with Gasteiger partial charge in [-0.15, -0.1) is 0 Å². The molecule has 2 unspecified atom stereocenters. The number of hydrogen-bond acceptors (Lipinski definition) is 1. The molecule has 6 aromatic rings. The molecule has 0 fully saturated rings. The second kappa shape index (κ2) is 18.0. The summed E-state index contributed by atoms with van der Waals surface area (Å²) in [6.45, 7) is 22.2. The van der Waals surface area contributed by atoms with E-state index in [1.54, 1.807) is 0 Å². The second-order valence-electron chi connectivity index (χ2n) is 17.0. The second-order valence-corrected chi connectivity index (χ2v) is 17.0. The summed E-state index contributed by atoms with van der Waals surface area (Å²) in [6.07, 6.45) is 19.1. The van der Waals surface area contributed by atoms with Crippen LogP contribution in [0.2, 0.25) is 6.82 Å². The van der Waals surface area contributed by atoms with Crippen LogP contribution in [0.4, 0.5) is 0 Å². The minimum absolute atomic E-state index is 0.0486. The summed E-state index contributed by atoms with van der Waals surface area (Å²) < 4.78 is 6.14. The van der Waals surface area contributed by atoms with Gasteiger partial charge in [-0.3, -0.25) is 0 Å². The van der Waals surface area contributed by atoms with Crippen LogP contribution >= 0.6 is 0 Å². The van der Waals surface area contributed by atoms with Gasteiger partial charge in [-0.05, 0) is 43.2 Å². The van der Waals surface area contributed by atoms with Gasteiger partial charge in [-0.25, -0.2) is 0 Å². The number of aryl methyl sites for hydroxylation is 1. The Morgan fingerprint density at radius 2 is 1.39 bits per heavy atom. The molecule has 1 aromatic heterocycles. The van der Waals surface area contributed by atoms with Crippen molar-refractivity contribution in [3.8, 4) is 11.1 Å². The van der Waals surface area contributed by atoms with E-state index < -0.39 is 0 Å². The maximum atomic E-state index is 6.14. The van der Waals surface area contributed by atoms with Gasteiger partial charge >= 0.3 is 192 Å². The van der Waals surface area contributed by atoms with Crippen LogP contribution in [0.3, 0.4) is 0 Å². The Morgan fingerprint density at radius 1 is 0.763 bits per heavy atom. The summed E-state index contributed by atoms with van der Waals surface area (Å²) in [4.78, 5) is 0. The van der Waals surface area contributed by atoms with Crippen LogP contribution < -0.4 is 0 Å². The van der Waals surface area contributed by atoms with E-state index in [2.05, 4.69) is 215 Å². The zero-order chi connectivity index (χ0) is 41.7. The molecule has 0 radical (unpaired) electrons. The quantitative estimate of drug-likeness (QED) is 0.147. The van der Waals surface area contributed by atoms with Crippen molar-refractivity contribution in [3.63, 3.8) is 0 Å². The van der Waals surface area contributed by atoms with Crippen LogP contribution in [0.5, 0.6) is 0 Å². The molecular weight excluding hydrogens is 711 g/mol. The predicted octanol–water partition coefficient (Wildman–Crippen LogP) is 15.4. The monoisotopic (exact) mass is 774 g/mol. The summed E-state index contributed by atoms with van der Waals surface area (Å²) in [5, 5.41) is 1.23. The van der Waals surface area contributed by atoms with Gasteiger partial charge in [0, 0.05) is 17.4 Å². The Bertz CT molecular complexity index is 2500. The molecule has 0 amide bonds. The Balaban J connectivity index is 0.000000172. The molecule has 0 saturated carbocycles. The molecule has 5 aromatic carbocycles. The minimum atomic E-state index is -0.293. The van der Waals surface area contributed by atoms with Gasteiger partial charge in [-0.2, -0.15) is 0 Å². The van der Waals surface area contributed by atoms with Crippen molar-refractivity contribution in [3.05, 3.63) is 195 Å². The fraction of sp³-hybridized carbons (Fsp3) is 0.316. The Morgan fingerprint density at radius 3 is 1.97 bits per heavy atom. The molecule has 3 aliphatic rings. The van der Waals surface area contributed by atoms with Crippen molar-refractivity contribution >= 4 is 29.4 Å². The zero-order valence-corrected chi connectivity index (χ0v) is 37.0. The third kappa shape index (κ3) is 7.28. The molecule has 1 nitrogen and oxygen atoms in total. The fourth-order valence-electron chi connectivity index (χ4n) is 10.1. The van der Waals surface area contributed by atoms with Crippen LogP contribution in [0.25, 0.3) is 28.2 Å². The Hall–Kier alpha value is -5.21.